The Labute approximate surface area is 182 Å². The van der Waals surface area contributed by atoms with Gasteiger partial charge < -0.3 is 20.1 Å². The van der Waals surface area contributed by atoms with E-state index in [-0.39, 0.29) is 18.5 Å². The third-order valence-corrected chi connectivity index (χ3v) is 4.61. The minimum Gasteiger partial charge on any atom is -0.495 e. The van der Waals surface area contributed by atoms with E-state index < -0.39 is 35.5 Å². The van der Waals surface area contributed by atoms with Crippen LogP contribution in [-0.4, -0.2) is 37.5 Å². The zero-order valence-electron chi connectivity index (χ0n) is 17.1. The molecule has 2 N–H and O–H groups in total. The molecular weight excluding hydrogens is 434 g/mol. The summed E-state index contributed by atoms with van der Waals surface area (Å²) in [6.07, 6.45) is -1.38. The van der Waals surface area contributed by atoms with Gasteiger partial charge in [0.2, 0.25) is 0 Å². The van der Waals surface area contributed by atoms with Gasteiger partial charge in [0.25, 0.3) is 11.8 Å². The van der Waals surface area contributed by atoms with E-state index in [1.54, 1.807) is 19.1 Å². The van der Waals surface area contributed by atoms with Crippen LogP contribution in [0.5, 0.6) is 5.75 Å². The topological polar surface area (TPSA) is 93.7 Å². The average molecular weight is 455 g/mol. The largest absolute Gasteiger partial charge is 0.495 e. The minimum absolute atomic E-state index is 0.160. The second-order valence-electron chi connectivity index (χ2n) is 6.55. The summed E-state index contributed by atoms with van der Waals surface area (Å²) < 4.78 is 36.7. The van der Waals surface area contributed by atoms with Crippen LogP contribution in [0.25, 0.3) is 0 Å². The fourth-order valence-corrected chi connectivity index (χ4v) is 2.67. The number of carbonyl (C=O) groups is 3. The highest BCUT2D eigenvalue weighted by Gasteiger charge is 2.20. The van der Waals surface area contributed by atoms with Gasteiger partial charge in [-0.3, -0.25) is 14.4 Å². The minimum atomic E-state index is -1.13. The van der Waals surface area contributed by atoms with E-state index in [1.807, 2.05) is 0 Å². The number of ether oxygens (including phenoxy) is 2. The fourth-order valence-electron chi connectivity index (χ4n) is 2.52. The molecule has 0 aliphatic carbocycles. The number of methoxy groups -OCH3 is 1. The van der Waals surface area contributed by atoms with Gasteiger partial charge in [0.15, 0.2) is 6.10 Å². The first-order valence-corrected chi connectivity index (χ1v) is 9.58. The predicted octanol–water partition coefficient (Wildman–Crippen LogP) is 3.63. The van der Waals surface area contributed by atoms with Crippen LogP contribution in [0.4, 0.5) is 14.5 Å². The highest BCUT2D eigenvalue weighted by Crippen LogP contribution is 2.31. The van der Waals surface area contributed by atoms with Crippen molar-refractivity contribution in [2.75, 3.05) is 19.0 Å². The molecule has 0 saturated heterocycles. The Kier molecular flexibility index (Phi) is 8.32. The number of anilines is 1. The molecule has 0 radical (unpaired) electrons. The number of halogens is 3. The Hall–Kier alpha value is -3.20. The number of nitrogens with one attached hydrogen (secondary N) is 2. The summed E-state index contributed by atoms with van der Waals surface area (Å²) in [5.74, 6) is -3.62. The van der Waals surface area contributed by atoms with Gasteiger partial charge in [0.05, 0.1) is 24.8 Å². The number of esters is 1. The van der Waals surface area contributed by atoms with Gasteiger partial charge in [-0.1, -0.05) is 11.6 Å². The maximum absolute atomic E-state index is 13.6. The number of amides is 2. The van der Waals surface area contributed by atoms with Gasteiger partial charge in [0.1, 0.15) is 17.4 Å². The quantitative estimate of drug-likeness (QED) is 0.594. The van der Waals surface area contributed by atoms with Crippen LogP contribution in [0.15, 0.2) is 30.3 Å². The van der Waals surface area contributed by atoms with Crippen molar-refractivity contribution in [3.63, 3.8) is 0 Å². The van der Waals surface area contributed by atoms with Crippen LogP contribution >= 0.6 is 11.6 Å². The molecule has 0 bridgehead atoms. The second-order valence-corrected chi connectivity index (χ2v) is 6.96. The lowest BCUT2D eigenvalue weighted by Crippen LogP contribution is -2.32. The van der Waals surface area contributed by atoms with Crippen LogP contribution < -0.4 is 15.4 Å². The average Bonchev–Trinajstić information content (AvgIpc) is 2.70. The molecule has 0 aliphatic heterocycles. The van der Waals surface area contributed by atoms with E-state index in [0.717, 1.165) is 17.7 Å². The lowest BCUT2D eigenvalue weighted by molar-refractivity contribution is -0.153. The van der Waals surface area contributed by atoms with Crippen molar-refractivity contribution < 1.29 is 32.6 Å². The van der Waals surface area contributed by atoms with Crippen molar-refractivity contribution in [2.45, 2.75) is 26.4 Å². The van der Waals surface area contributed by atoms with Gasteiger partial charge in [0, 0.05) is 23.7 Å². The Morgan fingerprint density at radius 1 is 1.16 bits per heavy atom. The standard InChI is InChI=1S/C21H21ClF2N2O5/c1-11-8-17(18(30-3)10-15(11)22)26-20(28)12(2)31-19(27)6-7-25-21(29)14-5-4-13(23)9-16(14)24/h4-5,8-10,12H,6-7H2,1-3H3,(H,25,29)(H,26,28). The van der Waals surface area contributed by atoms with Crippen LogP contribution in [0.3, 0.4) is 0 Å². The van der Waals surface area contributed by atoms with E-state index in [1.165, 1.54) is 14.0 Å². The smallest absolute Gasteiger partial charge is 0.308 e. The molecule has 0 aromatic heterocycles. The van der Waals surface area contributed by atoms with Crippen LogP contribution in [-0.2, 0) is 14.3 Å². The van der Waals surface area contributed by atoms with E-state index in [4.69, 9.17) is 21.1 Å². The van der Waals surface area contributed by atoms with Crippen LogP contribution in [0.2, 0.25) is 5.02 Å². The summed E-state index contributed by atoms with van der Waals surface area (Å²) in [5.41, 5.74) is 0.733. The van der Waals surface area contributed by atoms with Crippen molar-refractivity contribution in [3.8, 4) is 5.75 Å². The summed E-state index contributed by atoms with van der Waals surface area (Å²) in [6.45, 7) is 2.98. The first kappa shape index (κ1) is 24.1. The van der Waals surface area contributed by atoms with Crippen molar-refractivity contribution in [1.29, 1.82) is 0 Å². The maximum Gasteiger partial charge on any atom is 0.308 e. The third kappa shape index (κ3) is 6.65. The summed E-state index contributed by atoms with van der Waals surface area (Å²) >= 11 is 6.03. The van der Waals surface area contributed by atoms with E-state index >= 15 is 0 Å². The van der Waals surface area contributed by atoms with Crippen molar-refractivity contribution in [3.05, 3.63) is 58.1 Å². The predicted molar refractivity (Wildman–Crippen MR) is 110 cm³/mol. The fraction of sp³-hybridized carbons (Fsp3) is 0.286. The van der Waals surface area contributed by atoms with E-state index in [0.29, 0.717) is 22.5 Å². The van der Waals surface area contributed by atoms with Gasteiger partial charge >= 0.3 is 5.97 Å². The molecule has 0 heterocycles. The molecule has 2 aromatic rings. The van der Waals surface area contributed by atoms with Gasteiger partial charge in [-0.15, -0.1) is 0 Å². The Morgan fingerprint density at radius 3 is 2.52 bits per heavy atom. The van der Waals surface area contributed by atoms with Gasteiger partial charge in [-0.05, 0) is 37.6 Å². The molecule has 10 heteroatoms. The Balaban J connectivity index is 1.84. The molecule has 1 atom stereocenters. The summed E-state index contributed by atoms with van der Waals surface area (Å²) in [4.78, 5) is 36.2. The van der Waals surface area contributed by atoms with Crippen molar-refractivity contribution >= 4 is 35.1 Å². The summed E-state index contributed by atoms with van der Waals surface area (Å²) in [7, 11) is 1.42. The van der Waals surface area contributed by atoms with E-state index in [2.05, 4.69) is 10.6 Å². The molecule has 7 nitrogen and oxygen atoms in total. The number of hydrogen-bond acceptors (Lipinski definition) is 5. The summed E-state index contributed by atoms with van der Waals surface area (Å²) in [5, 5.41) is 5.40. The first-order valence-electron chi connectivity index (χ1n) is 9.20. The molecule has 0 saturated carbocycles. The number of benzene rings is 2. The monoisotopic (exact) mass is 454 g/mol. The van der Waals surface area contributed by atoms with Crippen LogP contribution in [0.1, 0.15) is 29.3 Å². The number of rotatable bonds is 8. The lowest BCUT2D eigenvalue weighted by Gasteiger charge is -2.16. The number of carbonyl (C=O) groups excluding carboxylic acids is 3. The highest BCUT2D eigenvalue weighted by atomic mass is 35.5. The zero-order chi connectivity index (χ0) is 23.1. The number of aryl methyl sites for hydroxylation is 1. The molecule has 2 amide bonds. The second kappa shape index (κ2) is 10.7. The molecule has 31 heavy (non-hydrogen) atoms. The molecule has 2 aromatic carbocycles. The maximum atomic E-state index is 13.6. The lowest BCUT2D eigenvalue weighted by atomic mass is 10.2. The normalized spacial score (nSPS) is 11.4. The first-order chi connectivity index (χ1) is 14.6. The van der Waals surface area contributed by atoms with Crippen molar-refractivity contribution in [2.24, 2.45) is 0 Å². The molecule has 2 rings (SSSR count). The molecule has 0 aliphatic rings. The molecular formula is C21H21ClF2N2O5. The zero-order valence-corrected chi connectivity index (χ0v) is 17.8. The highest BCUT2D eigenvalue weighted by molar-refractivity contribution is 6.31. The molecule has 0 spiro atoms. The molecule has 166 valence electrons. The summed E-state index contributed by atoms with van der Waals surface area (Å²) in [6, 6.07) is 5.70. The van der Waals surface area contributed by atoms with Crippen molar-refractivity contribution in [1.82, 2.24) is 5.32 Å². The SMILES string of the molecule is COc1cc(Cl)c(C)cc1NC(=O)C(C)OC(=O)CCNC(=O)c1ccc(F)cc1F. The Bertz CT molecular complexity index is 1000. The van der Waals surface area contributed by atoms with Crippen LogP contribution in [0, 0.1) is 18.6 Å². The van der Waals surface area contributed by atoms with Gasteiger partial charge in [-0.25, -0.2) is 8.78 Å². The molecule has 1 unspecified atom stereocenters. The van der Waals surface area contributed by atoms with Gasteiger partial charge in [-0.2, -0.15) is 0 Å². The molecule has 0 fully saturated rings. The Morgan fingerprint density at radius 2 is 1.87 bits per heavy atom. The van der Waals surface area contributed by atoms with E-state index in [9.17, 15) is 23.2 Å². The third-order valence-electron chi connectivity index (χ3n) is 4.21. The number of hydrogen-bond donors (Lipinski definition) is 2.